The van der Waals surface area contributed by atoms with Gasteiger partial charge in [0.2, 0.25) is 0 Å². The minimum atomic E-state index is -0.527. The molecule has 0 aliphatic heterocycles. The predicted octanol–water partition coefficient (Wildman–Crippen LogP) is 6.59. The molecule has 1 aromatic rings. The van der Waals surface area contributed by atoms with Gasteiger partial charge in [-0.3, -0.25) is 9.59 Å². The van der Waals surface area contributed by atoms with E-state index in [1.165, 1.54) is 19.3 Å². The summed E-state index contributed by atoms with van der Waals surface area (Å²) >= 11 is 0. The molecule has 0 radical (unpaired) electrons. The standard InChI is InChI=1S/C30H39FO4/c1-4-35-29(33)24-16(2)5-8-21(24)27(32)23-12-22(20-6-7-20)25(28(34-3)26(23)31)30-13-17-9-18(14-30)11-19(10-17)15-30/h12,16-21,24H,4-11,13-15H2,1-3H3. The molecule has 5 heteroatoms. The minimum absolute atomic E-state index is 0.00419. The highest BCUT2D eigenvalue weighted by Crippen LogP contribution is 2.64. The fourth-order valence-electron chi connectivity index (χ4n) is 9.03. The molecule has 0 aromatic heterocycles. The molecular weight excluding hydrogens is 443 g/mol. The van der Waals surface area contributed by atoms with Crippen molar-refractivity contribution in [3.63, 3.8) is 0 Å². The van der Waals surface area contributed by atoms with Crippen LogP contribution in [0.4, 0.5) is 4.39 Å². The van der Waals surface area contributed by atoms with E-state index >= 15 is 4.39 Å². The van der Waals surface area contributed by atoms with Crippen LogP contribution in [0.25, 0.3) is 0 Å². The first-order valence-corrected chi connectivity index (χ1v) is 14.0. The van der Waals surface area contributed by atoms with Gasteiger partial charge in [0.15, 0.2) is 17.3 Å². The van der Waals surface area contributed by atoms with Crippen LogP contribution in [-0.2, 0) is 14.9 Å². The second kappa shape index (κ2) is 8.59. The fourth-order valence-corrected chi connectivity index (χ4v) is 9.03. The maximum atomic E-state index is 16.3. The zero-order valence-corrected chi connectivity index (χ0v) is 21.4. The topological polar surface area (TPSA) is 52.6 Å². The summed E-state index contributed by atoms with van der Waals surface area (Å²) in [5.74, 6) is 0.893. The van der Waals surface area contributed by atoms with E-state index in [0.717, 1.165) is 67.4 Å². The molecule has 3 atom stereocenters. The number of rotatable bonds is 7. The van der Waals surface area contributed by atoms with Crippen molar-refractivity contribution in [3.8, 4) is 5.75 Å². The summed E-state index contributed by atoms with van der Waals surface area (Å²) in [5, 5.41) is 0. The van der Waals surface area contributed by atoms with Crippen LogP contribution in [0.3, 0.4) is 0 Å². The monoisotopic (exact) mass is 482 g/mol. The molecule has 3 unspecified atom stereocenters. The normalized spacial score (nSPS) is 37.5. The van der Waals surface area contributed by atoms with Gasteiger partial charge in [0.25, 0.3) is 0 Å². The van der Waals surface area contributed by atoms with Crippen LogP contribution in [0.5, 0.6) is 5.75 Å². The van der Waals surface area contributed by atoms with Crippen LogP contribution < -0.4 is 4.74 Å². The summed E-state index contributed by atoms with van der Waals surface area (Å²) in [7, 11) is 1.56. The molecule has 6 aliphatic carbocycles. The molecular formula is C30H39FO4. The minimum Gasteiger partial charge on any atom is -0.493 e. The van der Waals surface area contributed by atoms with Crippen LogP contribution in [-0.4, -0.2) is 25.5 Å². The molecule has 6 aliphatic rings. The van der Waals surface area contributed by atoms with E-state index < -0.39 is 17.7 Å². The molecule has 4 bridgehead atoms. The van der Waals surface area contributed by atoms with Gasteiger partial charge in [-0.25, -0.2) is 4.39 Å². The molecule has 4 nitrogen and oxygen atoms in total. The Labute approximate surface area is 208 Å². The zero-order valence-electron chi connectivity index (χ0n) is 21.4. The van der Waals surface area contributed by atoms with Crippen LogP contribution in [0.1, 0.15) is 105 Å². The van der Waals surface area contributed by atoms with Gasteiger partial charge in [-0.1, -0.05) is 6.92 Å². The Bertz CT molecular complexity index is 1010. The molecule has 7 rings (SSSR count). The van der Waals surface area contributed by atoms with Crippen molar-refractivity contribution in [1.82, 2.24) is 0 Å². The molecule has 0 spiro atoms. The SMILES string of the molecule is CCOC(=O)C1C(C)CCC1C(=O)c1cc(C2CC2)c(C23CC4CC(CC(C4)C2)C3)c(OC)c1F. The zero-order chi connectivity index (χ0) is 24.5. The number of carbonyl (C=O) groups excluding carboxylic acids is 2. The van der Waals surface area contributed by atoms with Crippen molar-refractivity contribution in [3.05, 3.63) is 28.6 Å². The number of hydrogen-bond acceptors (Lipinski definition) is 4. The predicted molar refractivity (Wildman–Crippen MR) is 131 cm³/mol. The van der Waals surface area contributed by atoms with Gasteiger partial charge in [0.1, 0.15) is 0 Å². The fraction of sp³-hybridized carbons (Fsp3) is 0.733. The lowest BCUT2D eigenvalue weighted by atomic mass is 9.47. The van der Waals surface area contributed by atoms with Crippen molar-refractivity contribution >= 4 is 11.8 Å². The largest absolute Gasteiger partial charge is 0.493 e. The highest BCUT2D eigenvalue weighted by molar-refractivity contribution is 6.01. The number of ether oxygens (including phenoxy) is 2. The summed E-state index contributed by atoms with van der Waals surface area (Å²) in [6.45, 7) is 4.07. The van der Waals surface area contributed by atoms with E-state index in [4.69, 9.17) is 9.47 Å². The Kier molecular flexibility index (Phi) is 5.76. The molecule has 6 saturated carbocycles. The van der Waals surface area contributed by atoms with E-state index in [2.05, 4.69) is 0 Å². The van der Waals surface area contributed by atoms with E-state index in [9.17, 15) is 9.59 Å². The smallest absolute Gasteiger partial charge is 0.309 e. The number of carbonyl (C=O) groups is 2. The Morgan fingerprint density at radius 1 is 1.03 bits per heavy atom. The maximum Gasteiger partial charge on any atom is 0.309 e. The van der Waals surface area contributed by atoms with Gasteiger partial charge >= 0.3 is 5.97 Å². The molecule has 0 heterocycles. The Hall–Kier alpha value is -1.91. The lowest BCUT2D eigenvalue weighted by Crippen LogP contribution is -2.49. The first kappa shape index (κ1) is 23.5. The Morgan fingerprint density at radius 3 is 2.20 bits per heavy atom. The molecule has 0 amide bonds. The number of methoxy groups -OCH3 is 1. The second-order valence-corrected chi connectivity index (χ2v) is 12.5. The summed E-state index contributed by atoms with van der Waals surface area (Å²) < 4.78 is 27.5. The molecule has 6 fully saturated rings. The highest BCUT2D eigenvalue weighted by Gasteiger charge is 2.55. The van der Waals surface area contributed by atoms with Crippen molar-refractivity contribution in [2.45, 2.75) is 89.4 Å². The number of ketones is 1. The molecule has 0 N–H and O–H groups in total. The van der Waals surface area contributed by atoms with Crippen LogP contribution in [0, 0.1) is 41.3 Å². The third kappa shape index (κ3) is 3.74. The Balaban J connectivity index is 1.43. The molecule has 35 heavy (non-hydrogen) atoms. The first-order valence-electron chi connectivity index (χ1n) is 14.0. The number of hydrogen-bond donors (Lipinski definition) is 0. The van der Waals surface area contributed by atoms with Gasteiger partial charge in [-0.05, 0) is 112 Å². The van der Waals surface area contributed by atoms with Gasteiger partial charge in [-0.2, -0.15) is 0 Å². The van der Waals surface area contributed by atoms with Crippen molar-refractivity contribution in [1.29, 1.82) is 0 Å². The summed E-state index contributed by atoms with van der Waals surface area (Å²) in [6, 6.07) is 1.89. The number of halogens is 1. The van der Waals surface area contributed by atoms with Gasteiger partial charge in [0, 0.05) is 16.9 Å². The van der Waals surface area contributed by atoms with E-state index in [1.54, 1.807) is 14.0 Å². The third-order valence-electron chi connectivity index (χ3n) is 10.2. The van der Waals surface area contributed by atoms with Crippen molar-refractivity contribution < 1.29 is 23.5 Å². The van der Waals surface area contributed by atoms with Crippen molar-refractivity contribution in [2.24, 2.45) is 35.5 Å². The van der Waals surface area contributed by atoms with Gasteiger partial charge < -0.3 is 9.47 Å². The third-order valence-corrected chi connectivity index (χ3v) is 10.2. The van der Waals surface area contributed by atoms with E-state index in [1.807, 2.05) is 13.0 Å². The lowest BCUT2D eigenvalue weighted by molar-refractivity contribution is -0.150. The molecule has 0 saturated heterocycles. The van der Waals surface area contributed by atoms with Crippen LogP contribution >= 0.6 is 0 Å². The van der Waals surface area contributed by atoms with Crippen LogP contribution in [0.2, 0.25) is 0 Å². The van der Waals surface area contributed by atoms with Crippen LogP contribution in [0.15, 0.2) is 6.07 Å². The average molecular weight is 483 g/mol. The molecule has 1 aromatic carbocycles. The maximum absolute atomic E-state index is 16.3. The summed E-state index contributed by atoms with van der Waals surface area (Å²) in [4.78, 5) is 26.6. The summed E-state index contributed by atoms with van der Waals surface area (Å²) in [6.07, 6.45) is 10.9. The van der Waals surface area contributed by atoms with E-state index in [-0.39, 0.29) is 35.3 Å². The quantitative estimate of drug-likeness (QED) is 0.325. The number of esters is 1. The van der Waals surface area contributed by atoms with E-state index in [0.29, 0.717) is 18.1 Å². The van der Waals surface area contributed by atoms with Crippen molar-refractivity contribution in [2.75, 3.05) is 13.7 Å². The summed E-state index contributed by atoms with van der Waals surface area (Å²) in [5.41, 5.74) is 2.38. The number of benzene rings is 1. The van der Waals surface area contributed by atoms with Gasteiger partial charge in [0.05, 0.1) is 25.2 Å². The number of Topliss-reactive ketones (excluding diaryl/α,β-unsaturated/α-hetero) is 1. The Morgan fingerprint density at radius 2 is 1.66 bits per heavy atom. The van der Waals surface area contributed by atoms with Gasteiger partial charge in [-0.15, -0.1) is 0 Å². The lowest BCUT2D eigenvalue weighted by Gasteiger charge is -2.57. The highest BCUT2D eigenvalue weighted by atomic mass is 19.1. The molecule has 190 valence electrons. The average Bonchev–Trinajstić information content (AvgIpc) is 3.58. The first-order chi connectivity index (χ1) is 16.8. The second-order valence-electron chi connectivity index (χ2n) is 12.5.